The van der Waals surface area contributed by atoms with Crippen molar-refractivity contribution in [3.8, 4) is 11.1 Å². The van der Waals surface area contributed by atoms with Crippen molar-refractivity contribution >= 4 is 17.7 Å². The number of pyridine rings is 1. The molecular weight excluding hydrogens is 526 g/mol. The van der Waals surface area contributed by atoms with Crippen molar-refractivity contribution < 1.29 is 23.5 Å². The lowest BCUT2D eigenvalue weighted by Gasteiger charge is -2.32. The second-order valence-corrected chi connectivity index (χ2v) is 10.9. The molecule has 0 spiro atoms. The van der Waals surface area contributed by atoms with Gasteiger partial charge in [0.2, 0.25) is 5.91 Å². The van der Waals surface area contributed by atoms with Crippen LogP contribution in [-0.2, 0) is 22.4 Å². The van der Waals surface area contributed by atoms with E-state index >= 15 is 4.39 Å². The number of piperidine rings is 1. The Morgan fingerprint density at radius 3 is 2.73 bits per heavy atom. The van der Waals surface area contributed by atoms with Gasteiger partial charge >= 0.3 is 5.97 Å². The van der Waals surface area contributed by atoms with E-state index in [4.69, 9.17) is 4.98 Å². The predicted octanol–water partition coefficient (Wildman–Crippen LogP) is 5.01. The Bertz CT molecular complexity index is 1380. The molecule has 0 aliphatic carbocycles. The number of carbonyl (C=O) groups is 2. The number of carboxylic acids is 1. The lowest BCUT2D eigenvalue weighted by molar-refractivity contribution is -0.139. The Hall–Kier alpha value is -3.85. The fraction of sp³-hybridized carbons (Fsp3) is 0.406. The van der Waals surface area contributed by atoms with Gasteiger partial charge in [0.15, 0.2) is 0 Å². The van der Waals surface area contributed by atoms with Gasteiger partial charge in [-0.15, -0.1) is 0 Å². The minimum Gasteiger partial charge on any atom is -0.481 e. The van der Waals surface area contributed by atoms with E-state index in [0.717, 1.165) is 75.4 Å². The number of nitrogens with one attached hydrogen (secondary N) is 2. The van der Waals surface area contributed by atoms with E-state index < -0.39 is 23.5 Å². The van der Waals surface area contributed by atoms with Crippen LogP contribution in [0.1, 0.15) is 48.4 Å². The van der Waals surface area contributed by atoms with Gasteiger partial charge in [0.1, 0.15) is 23.4 Å². The van der Waals surface area contributed by atoms with Crippen molar-refractivity contribution in [2.24, 2.45) is 5.92 Å². The maximum atomic E-state index is 15.5. The summed E-state index contributed by atoms with van der Waals surface area (Å²) in [6.07, 6.45) is 5.56. The maximum Gasteiger partial charge on any atom is 0.312 e. The number of aryl methyl sites for hydroxylation is 2. The summed E-state index contributed by atoms with van der Waals surface area (Å²) in [5, 5.41) is 16.0. The summed E-state index contributed by atoms with van der Waals surface area (Å²) in [6, 6.07) is 14.7. The first-order chi connectivity index (χ1) is 19.9. The molecule has 0 saturated carbocycles. The largest absolute Gasteiger partial charge is 0.481 e. The van der Waals surface area contributed by atoms with E-state index in [1.807, 2.05) is 0 Å². The number of anilines is 1. The summed E-state index contributed by atoms with van der Waals surface area (Å²) in [4.78, 5) is 32.2. The van der Waals surface area contributed by atoms with Gasteiger partial charge in [-0.05, 0) is 74.9 Å². The Kier molecular flexibility index (Phi) is 9.24. The third kappa shape index (κ3) is 6.90. The summed E-state index contributed by atoms with van der Waals surface area (Å²) < 4.78 is 30.0. The van der Waals surface area contributed by atoms with Gasteiger partial charge in [0.25, 0.3) is 0 Å². The molecule has 2 aliphatic rings. The van der Waals surface area contributed by atoms with Gasteiger partial charge in [0, 0.05) is 30.9 Å². The van der Waals surface area contributed by atoms with E-state index in [1.54, 1.807) is 30.3 Å². The van der Waals surface area contributed by atoms with Crippen molar-refractivity contribution in [1.82, 2.24) is 15.2 Å². The van der Waals surface area contributed by atoms with Crippen LogP contribution in [-0.4, -0.2) is 59.6 Å². The number of hydrogen-bond donors (Lipinski definition) is 3. The number of nitrogens with zero attached hydrogens (tertiary/aromatic N) is 2. The quantitative estimate of drug-likeness (QED) is 0.322. The van der Waals surface area contributed by atoms with Crippen molar-refractivity contribution in [3.63, 3.8) is 0 Å². The highest BCUT2D eigenvalue weighted by Crippen LogP contribution is 2.31. The number of carbonyl (C=O) groups excluding carboxylic acids is 1. The molecule has 2 aromatic carbocycles. The standard InChI is InChI=1S/C32H36F2N4O3/c33-27-15-14-25(29(34)28(27)21-7-2-1-3-8-21)26(32(40)41)19-36-31(39)23-10-5-17-38(20-23)18-6-11-24-13-12-22-9-4-16-35-30(22)37-24/h1-3,7-8,12-15,23,26H,4-6,9-11,16-20H2,(H,35,37)(H,36,39)(H,40,41)/t23-,26+/m1/s1. The fourth-order valence-electron chi connectivity index (χ4n) is 5.85. The van der Waals surface area contributed by atoms with Crippen LogP contribution in [0.4, 0.5) is 14.6 Å². The summed E-state index contributed by atoms with van der Waals surface area (Å²) in [7, 11) is 0. The molecule has 9 heteroatoms. The lowest BCUT2D eigenvalue weighted by atomic mass is 9.92. The summed E-state index contributed by atoms with van der Waals surface area (Å²) in [6.45, 7) is 3.02. The molecule has 1 fully saturated rings. The number of halogens is 2. The number of hydrogen-bond acceptors (Lipinski definition) is 5. The first kappa shape index (κ1) is 28.7. The maximum absolute atomic E-state index is 15.5. The molecule has 1 aromatic heterocycles. The number of rotatable bonds is 10. The molecule has 1 saturated heterocycles. The lowest BCUT2D eigenvalue weighted by Crippen LogP contribution is -2.44. The first-order valence-corrected chi connectivity index (χ1v) is 14.4. The number of amides is 1. The highest BCUT2D eigenvalue weighted by molar-refractivity contribution is 5.82. The molecule has 0 radical (unpaired) electrons. The molecule has 7 nitrogen and oxygen atoms in total. The number of carboxylic acid groups (broad SMARTS) is 1. The van der Waals surface area contributed by atoms with Crippen LogP contribution in [0.15, 0.2) is 54.6 Å². The van der Waals surface area contributed by atoms with Crippen molar-refractivity contribution in [2.75, 3.05) is 38.0 Å². The van der Waals surface area contributed by atoms with Gasteiger partial charge in [-0.3, -0.25) is 9.59 Å². The predicted molar refractivity (Wildman–Crippen MR) is 154 cm³/mol. The average molecular weight is 563 g/mol. The molecule has 41 heavy (non-hydrogen) atoms. The fourth-order valence-corrected chi connectivity index (χ4v) is 5.85. The van der Waals surface area contributed by atoms with E-state index in [-0.39, 0.29) is 29.5 Å². The summed E-state index contributed by atoms with van der Waals surface area (Å²) >= 11 is 0. The number of aromatic nitrogens is 1. The molecule has 3 aromatic rings. The summed E-state index contributed by atoms with van der Waals surface area (Å²) in [5.74, 6) is -3.85. The van der Waals surface area contributed by atoms with Crippen molar-refractivity contribution in [3.05, 3.63) is 83.1 Å². The van der Waals surface area contributed by atoms with E-state index in [0.29, 0.717) is 18.5 Å². The number of aliphatic carboxylic acids is 1. The van der Waals surface area contributed by atoms with Crippen LogP contribution < -0.4 is 10.6 Å². The second kappa shape index (κ2) is 13.2. The van der Waals surface area contributed by atoms with Crippen LogP contribution in [0.25, 0.3) is 11.1 Å². The Labute approximate surface area is 239 Å². The third-order valence-corrected chi connectivity index (χ3v) is 8.07. The van der Waals surface area contributed by atoms with Crippen molar-refractivity contribution in [2.45, 2.75) is 44.4 Å². The van der Waals surface area contributed by atoms with Crippen LogP contribution >= 0.6 is 0 Å². The Morgan fingerprint density at radius 1 is 1.10 bits per heavy atom. The van der Waals surface area contributed by atoms with Crippen molar-refractivity contribution in [1.29, 1.82) is 0 Å². The van der Waals surface area contributed by atoms with Crippen LogP contribution in [0.2, 0.25) is 0 Å². The normalized spacial score (nSPS) is 17.8. The molecule has 0 unspecified atom stereocenters. The molecule has 3 N–H and O–H groups in total. The highest BCUT2D eigenvalue weighted by Gasteiger charge is 2.30. The Balaban J connectivity index is 1.16. The first-order valence-electron chi connectivity index (χ1n) is 14.4. The number of fused-ring (bicyclic) bond motifs is 1. The van der Waals surface area contributed by atoms with Gasteiger partial charge in [-0.2, -0.15) is 0 Å². The molecule has 5 rings (SSSR count). The second-order valence-electron chi connectivity index (χ2n) is 10.9. The van der Waals surface area contributed by atoms with Gasteiger partial charge in [-0.25, -0.2) is 13.8 Å². The molecular formula is C32H36F2N4O3. The molecule has 2 atom stereocenters. The van der Waals surface area contributed by atoms with E-state index in [1.165, 1.54) is 5.56 Å². The zero-order valence-corrected chi connectivity index (χ0v) is 23.0. The topological polar surface area (TPSA) is 94.6 Å². The molecule has 1 amide bonds. The third-order valence-electron chi connectivity index (χ3n) is 8.07. The Morgan fingerprint density at radius 2 is 1.93 bits per heavy atom. The highest BCUT2D eigenvalue weighted by atomic mass is 19.1. The smallest absolute Gasteiger partial charge is 0.312 e. The zero-order chi connectivity index (χ0) is 28.8. The number of likely N-dealkylation sites (tertiary alicyclic amines) is 1. The molecule has 2 aliphatic heterocycles. The van der Waals surface area contributed by atoms with Gasteiger partial charge in [0.05, 0.1) is 11.5 Å². The van der Waals surface area contributed by atoms with Gasteiger partial charge in [-0.1, -0.05) is 42.5 Å². The minimum absolute atomic E-state index is 0.158. The summed E-state index contributed by atoms with van der Waals surface area (Å²) in [5.41, 5.74) is 2.22. The number of benzene rings is 2. The van der Waals surface area contributed by atoms with Crippen LogP contribution in [0.5, 0.6) is 0 Å². The molecule has 216 valence electrons. The zero-order valence-electron chi connectivity index (χ0n) is 23.0. The monoisotopic (exact) mass is 562 g/mol. The van der Waals surface area contributed by atoms with Crippen LogP contribution in [0.3, 0.4) is 0 Å². The molecule has 0 bridgehead atoms. The van der Waals surface area contributed by atoms with Gasteiger partial charge < -0.3 is 20.6 Å². The van der Waals surface area contributed by atoms with Crippen LogP contribution in [0, 0.1) is 17.6 Å². The van der Waals surface area contributed by atoms with E-state index in [9.17, 15) is 19.1 Å². The van der Waals surface area contributed by atoms with E-state index in [2.05, 4.69) is 27.7 Å². The molecule has 3 heterocycles. The minimum atomic E-state index is -1.35. The SMILES string of the molecule is O=C(NC[C@H](C(=O)O)c1ccc(F)c(-c2ccccc2)c1F)[C@@H]1CCCN(CCCc2ccc3c(n2)NCCC3)C1. The average Bonchev–Trinajstić information content (AvgIpc) is 2.98.